The molecule has 0 spiro atoms. The standard InChI is InChI=1S/C13H25NO2/c1-13(2)11(8-12(13)15)14-9-4-6-10(16-3)7-5-9/h9-12,14-15H,4-8H2,1-3H3. The Morgan fingerprint density at radius 3 is 2.25 bits per heavy atom. The van der Waals surface area contributed by atoms with Crippen LogP contribution in [0.25, 0.3) is 0 Å². The van der Waals surface area contributed by atoms with E-state index in [0.29, 0.717) is 18.2 Å². The van der Waals surface area contributed by atoms with Gasteiger partial charge in [-0.05, 0) is 32.1 Å². The van der Waals surface area contributed by atoms with Crippen molar-refractivity contribution >= 4 is 0 Å². The first-order valence-corrected chi connectivity index (χ1v) is 6.51. The Balaban J connectivity index is 1.76. The van der Waals surface area contributed by atoms with Crippen LogP contribution in [0.15, 0.2) is 0 Å². The minimum atomic E-state index is -0.125. The SMILES string of the molecule is COC1CCC(NC2CC(O)C2(C)C)CC1. The molecule has 0 aromatic rings. The second-order valence-electron chi connectivity index (χ2n) is 6.00. The van der Waals surface area contributed by atoms with Gasteiger partial charge in [0, 0.05) is 24.6 Å². The van der Waals surface area contributed by atoms with Crippen LogP contribution in [-0.2, 0) is 4.74 Å². The first-order valence-electron chi connectivity index (χ1n) is 6.51. The monoisotopic (exact) mass is 227 g/mol. The summed E-state index contributed by atoms with van der Waals surface area (Å²) >= 11 is 0. The van der Waals surface area contributed by atoms with Gasteiger partial charge >= 0.3 is 0 Å². The minimum Gasteiger partial charge on any atom is -0.392 e. The smallest absolute Gasteiger partial charge is 0.0621 e. The Hall–Kier alpha value is -0.120. The van der Waals surface area contributed by atoms with Crippen molar-refractivity contribution in [3.05, 3.63) is 0 Å². The Labute approximate surface area is 98.6 Å². The Bertz CT molecular complexity index is 234. The first kappa shape index (κ1) is 12.3. The van der Waals surface area contributed by atoms with E-state index in [1.54, 1.807) is 0 Å². The summed E-state index contributed by atoms with van der Waals surface area (Å²) in [5.41, 5.74) is 0.0537. The summed E-state index contributed by atoms with van der Waals surface area (Å²) in [5.74, 6) is 0. The summed E-state index contributed by atoms with van der Waals surface area (Å²) in [5, 5.41) is 13.4. The molecule has 0 radical (unpaired) electrons. The zero-order valence-electron chi connectivity index (χ0n) is 10.7. The quantitative estimate of drug-likeness (QED) is 0.771. The van der Waals surface area contributed by atoms with E-state index < -0.39 is 0 Å². The predicted octanol–water partition coefficient (Wildman–Crippen LogP) is 1.69. The van der Waals surface area contributed by atoms with Crippen molar-refractivity contribution in [1.29, 1.82) is 0 Å². The van der Waals surface area contributed by atoms with Crippen LogP contribution in [0.4, 0.5) is 0 Å². The summed E-state index contributed by atoms with van der Waals surface area (Å²) in [6, 6.07) is 1.12. The second kappa shape index (κ2) is 4.63. The van der Waals surface area contributed by atoms with Crippen molar-refractivity contribution in [3.63, 3.8) is 0 Å². The van der Waals surface area contributed by atoms with Crippen molar-refractivity contribution in [2.75, 3.05) is 7.11 Å². The highest BCUT2D eigenvalue weighted by Crippen LogP contribution is 2.41. The lowest BCUT2D eigenvalue weighted by Gasteiger charge is -2.51. The minimum absolute atomic E-state index is 0.0537. The van der Waals surface area contributed by atoms with Crippen LogP contribution >= 0.6 is 0 Å². The van der Waals surface area contributed by atoms with E-state index in [1.165, 1.54) is 25.7 Å². The highest BCUT2D eigenvalue weighted by atomic mass is 16.5. The van der Waals surface area contributed by atoms with E-state index in [2.05, 4.69) is 19.2 Å². The van der Waals surface area contributed by atoms with E-state index in [0.717, 1.165) is 6.42 Å². The number of aliphatic hydroxyl groups excluding tert-OH is 1. The highest BCUT2D eigenvalue weighted by molar-refractivity contribution is 5.02. The fraction of sp³-hybridized carbons (Fsp3) is 1.00. The van der Waals surface area contributed by atoms with Gasteiger partial charge in [-0.2, -0.15) is 0 Å². The molecular formula is C13H25NO2. The van der Waals surface area contributed by atoms with Gasteiger partial charge in [0.1, 0.15) is 0 Å². The molecule has 2 aliphatic carbocycles. The van der Waals surface area contributed by atoms with Gasteiger partial charge in [-0.1, -0.05) is 13.8 Å². The molecule has 0 aromatic heterocycles. The van der Waals surface area contributed by atoms with Crippen molar-refractivity contribution in [1.82, 2.24) is 5.32 Å². The van der Waals surface area contributed by atoms with Crippen LogP contribution in [0.5, 0.6) is 0 Å². The average Bonchev–Trinajstić information content (AvgIpc) is 2.29. The maximum atomic E-state index is 9.70. The third-order valence-corrected chi connectivity index (χ3v) is 4.66. The maximum absolute atomic E-state index is 9.70. The van der Waals surface area contributed by atoms with Gasteiger partial charge in [-0.3, -0.25) is 0 Å². The van der Waals surface area contributed by atoms with Crippen molar-refractivity contribution in [2.45, 2.75) is 70.2 Å². The van der Waals surface area contributed by atoms with Crippen molar-refractivity contribution in [2.24, 2.45) is 5.41 Å². The molecule has 0 heterocycles. The number of rotatable bonds is 3. The number of hydrogen-bond donors (Lipinski definition) is 2. The first-order chi connectivity index (χ1) is 7.54. The zero-order valence-corrected chi connectivity index (χ0v) is 10.7. The van der Waals surface area contributed by atoms with Crippen molar-refractivity contribution < 1.29 is 9.84 Å². The molecule has 0 saturated heterocycles. The maximum Gasteiger partial charge on any atom is 0.0621 e. The van der Waals surface area contributed by atoms with Crippen LogP contribution in [0.2, 0.25) is 0 Å². The topological polar surface area (TPSA) is 41.5 Å². The van der Waals surface area contributed by atoms with Crippen molar-refractivity contribution in [3.8, 4) is 0 Å². The predicted molar refractivity (Wildman–Crippen MR) is 64.4 cm³/mol. The molecule has 94 valence electrons. The van der Waals surface area contributed by atoms with Gasteiger partial charge in [0.2, 0.25) is 0 Å². The van der Waals surface area contributed by atoms with Crippen LogP contribution in [0, 0.1) is 5.41 Å². The largest absolute Gasteiger partial charge is 0.392 e. The van der Waals surface area contributed by atoms with Crippen LogP contribution in [-0.4, -0.2) is 36.5 Å². The molecule has 16 heavy (non-hydrogen) atoms. The second-order valence-corrected chi connectivity index (χ2v) is 6.00. The molecule has 2 saturated carbocycles. The normalized spacial score (nSPS) is 42.8. The lowest BCUT2D eigenvalue weighted by Crippen LogP contribution is -2.62. The fourth-order valence-electron chi connectivity index (χ4n) is 2.94. The Morgan fingerprint density at radius 2 is 1.81 bits per heavy atom. The summed E-state index contributed by atoms with van der Waals surface area (Å²) in [7, 11) is 1.81. The van der Waals surface area contributed by atoms with Crippen LogP contribution in [0.3, 0.4) is 0 Å². The molecule has 2 N–H and O–H groups in total. The van der Waals surface area contributed by atoms with Gasteiger partial charge in [0.15, 0.2) is 0 Å². The highest BCUT2D eigenvalue weighted by Gasteiger charge is 2.47. The molecule has 0 bridgehead atoms. The molecule has 0 aliphatic heterocycles. The van der Waals surface area contributed by atoms with E-state index in [-0.39, 0.29) is 11.5 Å². The molecule has 0 amide bonds. The number of ether oxygens (including phenoxy) is 1. The van der Waals surface area contributed by atoms with E-state index in [9.17, 15) is 5.11 Å². The van der Waals surface area contributed by atoms with Gasteiger partial charge in [0.05, 0.1) is 12.2 Å². The third kappa shape index (κ3) is 2.27. The number of hydrogen-bond acceptors (Lipinski definition) is 3. The molecule has 2 aliphatic rings. The third-order valence-electron chi connectivity index (χ3n) is 4.66. The molecule has 2 fully saturated rings. The average molecular weight is 227 g/mol. The van der Waals surface area contributed by atoms with Crippen LogP contribution < -0.4 is 5.32 Å². The lowest BCUT2D eigenvalue weighted by atomic mass is 9.64. The molecule has 3 heteroatoms. The molecule has 0 aromatic carbocycles. The molecule has 2 unspecified atom stereocenters. The fourth-order valence-corrected chi connectivity index (χ4v) is 2.94. The molecular weight excluding hydrogens is 202 g/mol. The van der Waals surface area contributed by atoms with E-state index in [4.69, 9.17) is 4.74 Å². The van der Waals surface area contributed by atoms with E-state index >= 15 is 0 Å². The zero-order chi connectivity index (χ0) is 11.8. The van der Waals surface area contributed by atoms with Gasteiger partial charge in [-0.25, -0.2) is 0 Å². The molecule has 2 rings (SSSR count). The van der Waals surface area contributed by atoms with Gasteiger partial charge in [0.25, 0.3) is 0 Å². The van der Waals surface area contributed by atoms with Gasteiger partial charge < -0.3 is 15.2 Å². The van der Waals surface area contributed by atoms with Gasteiger partial charge in [-0.15, -0.1) is 0 Å². The summed E-state index contributed by atoms with van der Waals surface area (Å²) in [6.45, 7) is 4.30. The molecule has 3 nitrogen and oxygen atoms in total. The summed E-state index contributed by atoms with van der Waals surface area (Å²) < 4.78 is 5.37. The number of methoxy groups -OCH3 is 1. The lowest BCUT2D eigenvalue weighted by molar-refractivity contribution is -0.0785. The van der Waals surface area contributed by atoms with E-state index in [1.807, 2.05) is 7.11 Å². The Kier molecular flexibility index (Phi) is 3.57. The summed E-state index contributed by atoms with van der Waals surface area (Å²) in [6.07, 6.45) is 6.02. The Morgan fingerprint density at radius 1 is 1.19 bits per heavy atom. The number of aliphatic hydroxyl groups is 1. The molecule has 2 atom stereocenters. The summed E-state index contributed by atoms with van der Waals surface area (Å²) in [4.78, 5) is 0. The number of nitrogens with one attached hydrogen (secondary N) is 1. The van der Waals surface area contributed by atoms with Crippen LogP contribution in [0.1, 0.15) is 46.0 Å².